The van der Waals surface area contributed by atoms with Gasteiger partial charge in [-0.05, 0) is 44.7 Å². The van der Waals surface area contributed by atoms with Crippen molar-refractivity contribution in [2.24, 2.45) is 0 Å². The highest BCUT2D eigenvalue weighted by atomic mass is 79.9. The van der Waals surface area contributed by atoms with Gasteiger partial charge in [-0.25, -0.2) is 0 Å². The quantitative estimate of drug-likeness (QED) is 0.312. The molecule has 0 aromatic heterocycles. The van der Waals surface area contributed by atoms with E-state index in [4.69, 9.17) is 16.3 Å². The second-order valence-corrected chi connectivity index (χ2v) is 5.33. The van der Waals surface area contributed by atoms with Crippen LogP contribution in [0.25, 0.3) is 0 Å². The molecule has 94 valence electrons. The van der Waals surface area contributed by atoms with E-state index < -0.39 is 4.92 Å². The molecule has 0 aliphatic carbocycles. The molecule has 0 bridgehead atoms. The van der Waals surface area contributed by atoms with Crippen LogP contribution in [-0.2, 0) is 0 Å². The van der Waals surface area contributed by atoms with Crippen LogP contribution in [0.3, 0.4) is 0 Å². The van der Waals surface area contributed by atoms with E-state index in [-0.39, 0.29) is 5.69 Å². The maximum absolute atomic E-state index is 10.6. The van der Waals surface area contributed by atoms with E-state index in [0.717, 1.165) is 12.8 Å². The maximum Gasteiger partial charge on any atom is 0.271 e. The maximum atomic E-state index is 10.6. The Morgan fingerprint density at radius 1 is 1.29 bits per heavy atom. The zero-order valence-corrected chi connectivity index (χ0v) is 12.7. The predicted octanol–water partition coefficient (Wildman–Crippen LogP) is 4.52. The lowest BCUT2D eigenvalue weighted by Gasteiger charge is -2.09. The van der Waals surface area contributed by atoms with Crippen LogP contribution in [0.5, 0.6) is 5.75 Å². The third kappa shape index (κ3) is 4.44. The standard InChI is InChI=1S/C10H10Br2ClNO3/c11-8-5-7(14(15)16)6-9(12)10(8)17-4-2-1-3-13/h5-6H,1-4H2. The van der Waals surface area contributed by atoms with Gasteiger partial charge in [-0.3, -0.25) is 10.1 Å². The molecule has 0 unspecified atom stereocenters. The van der Waals surface area contributed by atoms with Crippen LogP contribution in [0.4, 0.5) is 5.69 Å². The summed E-state index contributed by atoms with van der Waals surface area (Å²) in [7, 11) is 0. The summed E-state index contributed by atoms with van der Waals surface area (Å²) in [5.74, 6) is 1.18. The number of rotatable bonds is 6. The molecule has 0 saturated carbocycles. The lowest BCUT2D eigenvalue weighted by atomic mass is 10.3. The average molecular weight is 387 g/mol. The minimum absolute atomic E-state index is 0.0110. The number of nitrogens with zero attached hydrogens (tertiary/aromatic N) is 1. The average Bonchev–Trinajstić information content (AvgIpc) is 2.26. The van der Waals surface area contributed by atoms with Crippen molar-refractivity contribution in [3.63, 3.8) is 0 Å². The predicted molar refractivity (Wildman–Crippen MR) is 73.9 cm³/mol. The Hall–Kier alpha value is -0.330. The van der Waals surface area contributed by atoms with Gasteiger partial charge in [0.05, 0.1) is 20.5 Å². The van der Waals surface area contributed by atoms with Crippen LogP contribution in [0.1, 0.15) is 12.8 Å². The molecular formula is C10H10Br2ClNO3. The van der Waals surface area contributed by atoms with Crippen molar-refractivity contribution in [1.29, 1.82) is 0 Å². The van der Waals surface area contributed by atoms with Gasteiger partial charge in [0.2, 0.25) is 0 Å². The number of ether oxygens (including phenoxy) is 1. The van der Waals surface area contributed by atoms with Gasteiger partial charge in [0.1, 0.15) is 5.75 Å². The molecule has 0 aliphatic rings. The summed E-state index contributed by atoms with van der Waals surface area (Å²) in [5.41, 5.74) is 0.0110. The van der Waals surface area contributed by atoms with Crippen LogP contribution < -0.4 is 4.74 Å². The van der Waals surface area contributed by atoms with Crippen LogP contribution in [0.15, 0.2) is 21.1 Å². The SMILES string of the molecule is O=[N+]([O-])c1cc(Br)c(OCCCCCl)c(Br)c1. The molecule has 0 N–H and O–H groups in total. The first-order valence-electron chi connectivity index (χ1n) is 4.88. The second kappa shape index (κ2) is 7.18. The first-order chi connectivity index (χ1) is 8.06. The number of hydrogen-bond donors (Lipinski definition) is 0. The molecule has 0 atom stereocenters. The van der Waals surface area contributed by atoms with Gasteiger partial charge in [0.15, 0.2) is 0 Å². The van der Waals surface area contributed by atoms with Crippen LogP contribution in [0, 0.1) is 10.1 Å². The Morgan fingerprint density at radius 3 is 2.35 bits per heavy atom. The normalized spacial score (nSPS) is 10.3. The first kappa shape index (κ1) is 14.7. The molecule has 7 heteroatoms. The number of nitro groups is 1. The molecule has 4 nitrogen and oxygen atoms in total. The van der Waals surface area contributed by atoms with Gasteiger partial charge in [0.25, 0.3) is 5.69 Å². The molecule has 1 aromatic rings. The number of benzene rings is 1. The largest absolute Gasteiger partial charge is 0.491 e. The first-order valence-corrected chi connectivity index (χ1v) is 7.00. The van der Waals surface area contributed by atoms with Crippen LogP contribution in [-0.4, -0.2) is 17.4 Å². The van der Waals surface area contributed by atoms with Crippen molar-refractivity contribution in [2.45, 2.75) is 12.8 Å². The molecule has 1 aromatic carbocycles. The highest BCUT2D eigenvalue weighted by molar-refractivity contribution is 9.11. The van der Waals surface area contributed by atoms with Gasteiger partial charge < -0.3 is 4.74 Å². The van der Waals surface area contributed by atoms with Crippen LogP contribution >= 0.6 is 43.5 Å². The highest BCUT2D eigenvalue weighted by Gasteiger charge is 2.14. The number of nitro benzene ring substituents is 1. The van der Waals surface area contributed by atoms with Gasteiger partial charge in [-0.1, -0.05) is 0 Å². The number of alkyl halides is 1. The molecule has 0 spiro atoms. The molecule has 0 aliphatic heterocycles. The summed E-state index contributed by atoms with van der Waals surface area (Å²) in [5, 5.41) is 10.6. The Morgan fingerprint density at radius 2 is 1.88 bits per heavy atom. The Labute approximate surface area is 121 Å². The van der Waals surface area contributed by atoms with Gasteiger partial charge in [0, 0.05) is 18.0 Å². The minimum atomic E-state index is -0.452. The smallest absolute Gasteiger partial charge is 0.271 e. The number of halogens is 3. The fourth-order valence-corrected chi connectivity index (χ4v) is 2.74. The molecule has 0 amide bonds. The molecule has 1 rings (SSSR count). The summed E-state index contributed by atoms with van der Waals surface area (Å²) < 4.78 is 6.65. The molecule has 17 heavy (non-hydrogen) atoms. The van der Waals surface area contributed by atoms with E-state index >= 15 is 0 Å². The van der Waals surface area contributed by atoms with Crippen LogP contribution in [0.2, 0.25) is 0 Å². The second-order valence-electron chi connectivity index (χ2n) is 3.24. The van der Waals surface area contributed by atoms with E-state index in [0.29, 0.717) is 27.2 Å². The summed E-state index contributed by atoms with van der Waals surface area (Å²) in [4.78, 5) is 10.2. The lowest BCUT2D eigenvalue weighted by molar-refractivity contribution is -0.385. The number of unbranched alkanes of at least 4 members (excludes halogenated alkanes) is 1. The molecule has 0 saturated heterocycles. The fraction of sp³-hybridized carbons (Fsp3) is 0.400. The summed E-state index contributed by atoms with van der Waals surface area (Å²) in [6, 6.07) is 2.84. The highest BCUT2D eigenvalue weighted by Crippen LogP contribution is 2.37. The van der Waals surface area contributed by atoms with E-state index in [1.54, 1.807) is 0 Å². The summed E-state index contributed by atoms with van der Waals surface area (Å²) in [6.07, 6.45) is 1.73. The zero-order chi connectivity index (χ0) is 12.8. The van der Waals surface area contributed by atoms with Gasteiger partial charge >= 0.3 is 0 Å². The van der Waals surface area contributed by atoms with Gasteiger partial charge in [-0.15, -0.1) is 11.6 Å². The summed E-state index contributed by atoms with van der Waals surface area (Å²) >= 11 is 12.1. The molecule has 0 radical (unpaired) electrons. The van der Waals surface area contributed by atoms with Gasteiger partial charge in [-0.2, -0.15) is 0 Å². The topological polar surface area (TPSA) is 52.4 Å². The van der Waals surface area contributed by atoms with Crippen molar-refractivity contribution < 1.29 is 9.66 Å². The Balaban J connectivity index is 2.76. The van der Waals surface area contributed by atoms with Crippen molar-refractivity contribution in [1.82, 2.24) is 0 Å². The summed E-state index contributed by atoms with van der Waals surface area (Å²) in [6.45, 7) is 0.529. The lowest BCUT2D eigenvalue weighted by Crippen LogP contribution is -2.00. The fourth-order valence-electron chi connectivity index (χ4n) is 1.16. The van der Waals surface area contributed by atoms with Crippen molar-refractivity contribution in [3.05, 3.63) is 31.2 Å². The third-order valence-corrected chi connectivity index (χ3v) is 3.41. The third-order valence-electron chi connectivity index (χ3n) is 1.97. The molecule has 0 fully saturated rings. The molecular weight excluding hydrogens is 377 g/mol. The zero-order valence-electron chi connectivity index (χ0n) is 8.79. The van der Waals surface area contributed by atoms with E-state index in [2.05, 4.69) is 31.9 Å². The van der Waals surface area contributed by atoms with Crippen molar-refractivity contribution in [3.8, 4) is 5.75 Å². The number of hydrogen-bond acceptors (Lipinski definition) is 3. The van der Waals surface area contributed by atoms with E-state index in [9.17, 15) is 10.1 Å². The number of non-ortho nitro benzene ring substituents is 1. The minimum Gasteiger partial charge on any atom is -0.491 e. The molecule has 0 heterocycles. The van der Waals surface area contributed by atoms with E-state index in [1.807, 2.05) is 0 Å². The Bertz CT molecular complexity index is 392. The monoisotopic (exact) mass is 385 g/mol. The van der Waals surface area contributed by atoms with Crippen molar-refractivity contribution in [2.75, 3.05) is 12.5 Å². The van der Waals surface area contributed by atoms with E-state index in [1.165, 1.54) is 12.1 Å². The van der Waals surface area contributed by atoms with Crippen molar-refractivity contribution >= 4 is 49.1 Å². The Kier molecular flexibility index (Phi) is 6.22.